The number of carbonyl (C=O) groups excluding carboxylic acids is 1. The Morgan fingerprint density at radius 2 is 1.95 bits per heavy atom. The lowest BCUT2D eigenvalue weighted by Crippen LogP contribution is -2.28. The molecule has 0 aliphatic carbocycles. The highest BCUT2D eigenvalue weighted by atomic mass is 16.3. The molecule has 1 atom stereocenters. The van der Waals surface area contributed by atoms with Crippen LogP contribution in [0.2, 0.25) is 0 Å². The number of nitrogens with one attached hydrogen (secondary N) is 2. The van der Waals surface area contributed by atoms with Gasteiger partial charge < -0.3 is 15.1 Å². The zero-order valence-electron chi connectivity index (χ0n) is 12.6. The highest BCUT2D eigenvalue weighted by Gasteiger charge is 2.09. The molecule has 1 amide bonds. The highest BCUT2D eigenvalue weighted by Crippen LogP contribution is 2.15. The molecular weight excluding hydrogens is 264 g/mol. The van der Waals surface area contributed by atoms with Crippen LogP contribution >= 0.6 is 0 Å². The Labute approximate surface area is 125 Å². The summed E-state index contributed by atoms with van der Waals surface area (Å²) in [6.07, 6.45) is 0.455. The van der Waals surface area contributed by atoms with Gasteiger partial charge in [0, 0.05) is 19.5 Å². The van der Waals surface area contributed by atoms with E-state index >= 15 is 0 Å². The lowest BCUT2D eigenvalue weighted by molar-refractivity contribution is -0.121. The third kappa shape index (κ3) is 5.08. The first kappa shape index (κ1) is 15.3. The fourth-order valence-electron chi connectivity index (χ4n) is 2.07. The van der Waals surface area contributed by atoms with Crippen molar-refractivity contribution in [2.24, 2.45) is 0 Å². The fraction of sp³-hybridized carbons (Fsp3) is 0.353. The van der Waals surface area contributed by atoms with Crippen molar-refractivity contribution in [3.8, 4) is 0 Å². The Balaban J connectivity index is 1.65. The molecule has 0 spiro atoms. The van der Waals surface area contributed by atoms with Gasteiger partial charge in [0.2, 0.25) is 5.91 Å². The summed E-state index contributed by atoms with van der Waals surface area (Å²) < 4.78 is 5.55. The third-order valence-corrected chi connectivity index (χ3v) is 3.32. The minimum absolute atomic E-state index is 0.0502. The van der Waals surface area contributed by atoms with E-state index in [0.29, 0.717) is 19.5 Å². The monoisotopic (exact) mass is 286 g/mol. The standard InChI is InChI=1S/C17H22N2O2/c1-13-8-9-16(21-13)14(2)18-11-10-17(20)19-12-15-6-4-3-5-7-15/h3-9,14,18H,10-12H2,1-2H3,(H,19,20)/t14-/m1/s1. The normalized spacial score (nSPS) is 12.1. The maximum absolute atomic E-state index is 11.8. The Hall–Kier alpha value is -2.07. The molecule has 1 heterocycles. The van der Waals surface area contributed by atoms with Crippen molar-refractivity contribution in [1.82, 2.24) is 10.6 Å². The summed E-state index contributed by atoms with van der Waals surface area (Å²) in [6, 6.07) is 13.9. The smallest absolute Gasteiger partial charge is 0.221 e. The van der Waals surface area contributed by atoms with Crippen molar-refractivity contribution in [2.75, 3.05) is 6.54 Å². The van der Waals surface area contributed by atoms with Gasteiger partial charge in [-0.2, -0.15) is 0 Å². The molecule has 1 aromatic carbocycles. The Bertz CT molecular complexity index is 563. The van der Waals surface area contributed by atoms with Gasteiger partial charge in [-0.1, -0.05) is 30.3 Å². The summed E-state index contributed by atoms with van der Waals surface area (Å²) in [7, 11) is 0. The topological polar surface area (TPSA) is 54.3 Å². The van der Waals surface area contributed by atoms with Crippen LogP contribution < -0.4 is 10.6 Å². The van der Waals surface area contributed by atoms with Crippen LogP contribution in [0.3, 0.4) is 0 Å². The van der Waals surface area contributed by atoms with Gasteiger partial charge in [0.1, 0.15) is 11.5 Å². The first-order valence-corrected chi connectivity index (χ1v) is 7.25. The number of rotatable bonds is 7. The van der Waals surface area contributed by atoms with Crippen LogP contribution in [0.1, 0.15) is 36.5 Å². The largest absolute Gasteiger partial charge is 0.465 e. The van der Waals surface area contributed by atoms with Gasteiger partial charge in [-0.3, -0.25) is 4.79 Å². The van der Waals surface area contributed by atoms with Crippen LogP contribution in [0, 0.1) is 6.92 Å². The fourth-order valence-corrected chi connectivity index (χ4v) is 2.07. The number of furan rings is 1. The predicted octanol–water partition coefficient (Wildman–Crippen LogP) is 2.95. The number of carbonyl (C=O) groups is 1. The summed E-state index contributed by atoms with van der Waals surface area (Å²) in [6.45, 7) is 5.15. The second-order valence-corrected chi connectivity index (χ2v) is 5.14. The summed E-state index contributed by atoms with van der Waals surface area (Å²) >= 11 is 0. The van der Waals surface area contributed by atoms with E-state index in [0.717, 1.165) is 17.1 Å². The van der Waals surface area contributed by atoms with Crippen LogP contribution in [0.15, 0.2) is 46.9 Å². The molecule has 0 saturated carbocycles. The minimum atomic E-state index is 0.0502. The molecule has 2 rings (SSSR count). The van der Waals surface area contributed by atoms with Crippen molar-refractivity contribution in [1.29, 1.82) is 0 Å². The molecule has 2 N–H and O–H groups in total. The molecular formula is C17H22N2O2. The van der Waals surface area contributed by atoms with Gasteiger partial charge in [-0.25, -0.2) is 0 Å². The summed E-state index contributed by atoms with van der Waals surface area (Å²) in [5.74, 6) is 1.85. The SMILES string of the molecule is Cc1ccc([C@@H](C)NCCC(=O)NCc2ccccc2)o1. The molecule has 0 bridgehead atoms. The Morgan fingerprint density at radius 3 is 2.62 bits per heavy atom. The molecule has 0 unspecified atom stereocenters. The van der Waals surface area contributed by atoms with Crippen molar-refractivity contribution in [3.63, 3.8) is 0 Å². The predicted molar refractivity (Wildman–Crippen MR) is 82.8 cm³/mol. The maximum atomic E-state index is 11.8. The average molecular weight is 286 g/mol. The number of hydrogen-bond acceptors (Lipinski definition) is 3. The molecule has 0 aliphatic heterocycles. The van der Waals surface area contributed by atoms with E-state index in [2.05, 4.69) is 10.6 Å². The van der Waals surface area contributed by atoms with E-state index in [1.807, 2.05) is 56.3 Å². The second kappa shape index (κ2) is 7.64. The number of amides is 1. The van der Waals surface area contributed by atoms with Crippen molar-refractivity contribution in [2.45, 2.75) is 32.9 Å². The molecule has 0 radical (unpaired) electrons. The van der Waals surface area contributed by atoms with Crippen LogP contribution in [-0.2, 0) is 11.3 Å². The average Bonchev–Trinajstić information content (AvgIpc) is 2.93. The maximum Gasteiger partial charge on any atom is 0.221 e. The number of hydrogen-bond donors (Lipinski definition) is 2. The van der Waals surface area contributed by atoms with Gasteiger partial charge in [-0.15, -0.1) is 0 Å². The second-order valence-electron chi connectivity index (χ2n) is 5.14. The molecule has 112 valence electrons. The summed E-state index contributed by atoms with van der Waals surface area (Å²) in [5, 5.41) is 6.20. The highest BCUT2D eigenvalue weighted by molar-refractivity contribution is 5.76. The quantitative estimate of drug-likeness (QED) is 0.823. The Morgan fingerprint density at radius 1 is 1.19 bits per heavy atom. The van der Waals surface area contributed by atoms with Crippen LogP contribution in [0.25, 0.3) is 0 Å². The molecule has 0 aliphatic rings. The number of benzene rings is 1. The van der Waals surface area contributed by atoms with Gasteiger partial charge in [0.15, 0.2) is 0 Å². The Kier molecular flexibility index (Phi) is 5.58. The first-order valence-electron chi connectivity index (χ1n) is 7.25. The van der Waals surface area contributed by atoms with Crippen LogP contribution in [-0.4, -0.2) is 12.5 Å². The van der Waals surface area contributed by atoms with Crippen molar-refractivity contribution >= 4 is 5.91 Å². The zero-order chi connectivity index (χ0) is 15.1. The zero-order valence-corrected chi connectivity index (χ0v) is 12.6. The van der Waals surface area contributed by atoms with Crippen molar-refractivity contribution < 1.29 is 9.21 Å². The minimum Gasteiger partial charge on any atom is -0.465 e. The first-order chi connectivity index (χ1) is 10.1. The lowest BCUT2D eigenvalue weighted by atomic mass is 10.2. The molecule has 1 aromatic heterocycles. The molecule has 0 saturated heterocycles. The van der Waals surface area contributed by atoms with E-state index < -0.39 is 0 Å². The van der Waals surface area contributed by atoms with Gasteiger partial charge in [-0.05, 0) is 31.5 Å². The molecule has 21 heavy (non-hydrogen) atoms. The molecule has 4 nitrogen and oxygen atoms in total. The van der Waals surface area contributed by atoms with Crippen molar-refractivity contribution in [3.05, 3.63) is 59.5 Å². The lowest BCUT2D eigenvalue weighted by Gasteiger charge is -2.11. The van der Waals surface area contributed by atoms with Gasteiger partial charge >= 0.3 is 0 Å². The molecule has 2 aromatic rings. The van der Waals surface area contributed by atoms with Crippen LogP contribution in [0.4, 0.5) is 0 Å². The van der Waals surface area contributed by atoms with E-state index in [4.69, 9.17) is 4.42 Å². The summed E-state index contributed by atoms with van der Waals surface area (Å²) in [5.41, 5.74) is 1.11. The van der Waals surface area contributed by atoms with E-state index in [1.165, 1.54) is 0 Å². The molecule has 4 heteroatoms. The van der Waals surface area contributed by atoms with Gasteiger partial charge in [0.25, 0.3) is 0 Å². The van der Waals surface area contributed by atoms with E-state index in [1.54, 1.807) is 0 Å². The number of aryl methyl sites for hydroxylation is 1. The van der Waals surface area contributed by atoms with E-state index in [-0.39, 0.29) is 11.9 Å². The van der Waals surface area contributed by atoms with E-state index in [9.17, 15) is 4.79 Å². The van der Waals surface area contributed by atoms with Crippen LogP contribution in [0.5, 0.6) is 0 Å². The molecule has 0 fully saturated rings. The van der Waals surface area contributed by atoms with Gasteiger partial charge in [0.05, 0.1) is 6.04 Å². The third-order valence-electron chi connectivity index (χ3n) is 3.32. The summed E-state index contributed by atoms with van der Waals surface area (Å²) in [4.78, 5) is 11.8.